The number of nitrogens with zero attached hydrogens (tertiary/aromatic N) is 3. The SMILES string of the molecule is Cc1ccc2nc(SCC(=O)NCC3Cc4cc(-c5cncnc5)cc(Cl)c4O3)[nH]c2c1. The smallest absolute Gasteiger partial charge is 0.230 e. The second kappa shape index (κ2) is 8.80. The molecule has 9 heteroatoms. The minimum absolute atomic E-state index is 0.0700. The van der Waals surface area contributed by atoms with Crippen molar-refractivity contribution in [2.24, 2.45) is 0 Å². The van der Waals surface area contributed by atoms with Gasteiger partial charge >= 0.3 is 0 Å². The van der Waals surface area contributed by atoms with Crippen LogP contribution in [0.2, 0.25) is 5.02 Å². The highest BCUT2D eigenvalue weighted by Gasteiger charge is 2.26. The largest absolute Gasteiger partial charge is 0.486 e. The van der Waals surface area contributed by atoms with E-state index >= 15 is 0 Å². The lowest BCUT2D eigenvalue weighted by Crippen LogP contribution is -2.35. The number of hydrogen-bond acceptors (Lipinski definition) is 6. The molecule has 2 aromatic heterocycles. The van der Waals surface area contributed by atoms with Gasteiger partial charge in [0.2, 0.25) is 5.91 Å². The molecule has 1 atom stereocenters. The molecule has 0 spiro atoms. The molecule has 1 aliphatic heterocycles. The Hall–Kier alpha value is -3.10. The number of halogens is 1. The number of fused-ring (bicyclic) bond motifs is 2. The van der Waals surface area contributed by atoms with E-state index in [1.807, 2.05) is 37.3 Å². The van der Waals surface area contributed by atoms with Gasteiger partial charge in [0.15, 0.2) is 5.16 Å². The zero-order valence-corrected chi connectivity index (χ0v) is 18.8. The van der Waals surface area contributed by atoms with Crippen LogP contribution in [-0.2, 0) is 11.2 Å². The molecule has 0 saturated heterocycles. The number of aromatic nitrogens is 4. The summed E-state index contributed by atoms with van der Waals surface area (Å²) in [5.41, 5.74) is 5.89. The summed E-state index contributed by atoms with van der Waals surface area (Å²) in [6.45, 7) is 2.45. The van der Waals surface area contributed by atoms with Crippen molar-refractivity contribution in [1.29, 1.82) is 0 Å². The van der Waals surface area contributed by atoms with Crippen molar-refractivity contribution in [2.45, 2.75) is 24.6 Å². The maximum absolute atomic E-state index is 12.4. The van der Waals surface area contributed by atoms with Crippen LogP contribution in [0.3, 0.4) is 0 Å². The molecule has 5 rings (SSSR count). The molecular formula is C23H20ClN5O2S. The van der Waals surface area contributed by atoms with Crippen molar-refractivity contribution in [3.8, 4) is 16.9 Å². The fraction of sp³-hybridized carbons (Fsp3) is 0.217. The van der Waals surface area contributed by atoms with Crippen LogP contribution in [0.15, 0.2) is 54.2 Å². The summed E-state index contributed by atoms with van der Waals surface area (Å²) in [5.74, 6) is 0.884. The van der Waals surface area contributed by atoms with Crippen LogP contribution in [0.4, 0.5) is 0 Å². The van der Waals surface area contributed by atoms with Gasteiger partial charge in [-0.3, -0.25) is 4.79 Å². The molecule has 1 aliphatic rings. The van der Waals surface area contributed by atoms with E-state index in [0.717, 1.165) is 38.4 Å². The number of aryl methyl sites for hydroxylation is 1. The highest BCUT2D eigenvalue weighted by atomic mass is 35.5. The number of ether oxygens (including phenoxy) is 1. The number of carbonyl (C=O) groups excluding carboxylic acids is 1. The van der Waals surface area contributed by atoms with E-state index in [1.54, 1.807) is 12.4 Å². The summed E-state index contributed by atoms with van der Waals surface area (Å²) in [6.07, 6.45) is 5.51. The molecule has 7 nitrogen and oxygen atoms in total. The van der Waals surface area contributed by atoms with Gasteiger partial charge in [-0.1, -0.05) is 29.4 Å². The van der Waals surface area contributed by atoms with Crippen LogP contribution < -0.4 is 10.1 Å². The second-order valence-electron chi connectivity index (χ2n) is 7.67. The van der Waals surface area contributed by atoms with E-state index < -0.39 is 0 Å². The molecule has 0 saturated carbocycles. The summed E-state index contributed by atoms with van der Waals surface area (Å²) in [4.78, 5) is 28.2. The average molecular weight is 466 g/mol. The van der Waals surface area contributed by atoms with Gasteiger partial charge in [0.1, 0.15) is 18.2 Å². The number of hydrogen-bond donors (Lipinski definition) is 2. The first kappa shape index (κ1) is 20.8. The monoisotopic (exact) mass is 465 g/mol. The highest BCUT2D eigenvalue weighted by Crippen LogP contribution is 2.39. The molecule has 4 aromatic rings. The molecule has 3 heterocycles. The zero-order valence-electron chi connectivity index (χ0n) is 17.3. The third kappa shape index (κ3) is 4.42. The minimum Gasteiger partial charge on any atom is -0.486 e. The summed E-state index contributed by atoms with van der Waals surface area (Å²) < 4.78 is 5.99. The van der Waals surface area contributed by atoms with Gasteiger partial charge in [-0.05, 0) is 42.3 Å². The summed E-state index contributed by atoms with van der Waals surface area (Å²) in [5, 5.41) is 4.23. The van der Waals surface area contributed by atoms with E-state index in [-0.39, 0.29) is 17.8 Å². The van der Waals surface area contributed by atoms with E-state index in [0.29, 0.717) is 23.7 Å². The molecule has 0 aliphatic carbocycles. The topological polar surface area (TPSA) is 92.8 Å². The number of thioether (sulfide) groups is 1. The Labute approximate surface area is 194 Å². The van der Waals surface area contributed by atoms with Crippen LogP contribution in [0.1, 0.15) is 11.1 Å². The number of rotatable bonds is 6. The van der Waals surface area contributed by atoms with Gasteiger partial charge in [-0.25, -0.2) is 15.0 Å². The molecule has 0 bridgehead atoms. The Morgan fingerprint density at radius 2 is 2.09 bits per heavy atom. The number of aromatic amines is 1. The Morgan fingerprint density at radius 1 is 1.25 bits per heavy atom. The summed E-state index contributed by atoms with van der Waals surface area (Å²) in [7, 11) is 0. The fourth-order valence-electron chi connectivity index (χ4n) is 3.70. The fourth-order valence-corrected chi connectivity index (χ4v) is 4.70. The first-order valence-electron chi connectivity index (χ1n) is 10.2. The predicted molar refractivity (Wildman–Crippen MR) is 125 cm³/mol. The highest BCUT2D eigenvalue weighted by molar-refractivity contribution is 7.99. The number of amides is 1. The lowest BCUT2D eigenvalue weighted by molar-refractivity contribution is -0.118. The van der Waals surface area contributed by atoms with Gasteiger partial charge in [-0.15, -0.1) is 0 Å². The average Bonchev–Trinajstić information content (AvgIpc) is 3.40. The lowest BCUT2D eigenvalue weighted by Gasteiger charge is -2.12. The first-order valence-corrected chi connectivity index (χ1v) is 11.5. The Kier molecular flexibility index (Phi) is 5.71. The summed E-state index contributed by atoms with van der Waals surface area (Å²) in [6, 6.07) is 9.93. The number of benzene rings is 2. The van der Waals surface area contributed by atoms with E-state index in [9.17, 15) is 4.79 Å². The molecule has 162 valence electrons. The van der Waals surface area contributed by atoms with Crippen LogP contribution in [0.5, 0.6) is 5.75 Å². The van der Waals surface area contributed by atoms with Gasteiger partial charge in [0.25, 0.3) is 0 Å². The van der Waals surface area contributed by atoms with Crippen molar-refractivity contribution >= 4 is 40.3 Å². The molecule has 0 fully saturated rings. The third-order valence-corrected chi connectivity index (χ3v) is 6.38. The molecule has 2 aromatic carbocycles. The van der Waals surface area contributed by atoms with Gasteiger partial charge in [-0.2, -0.15) is 0 Å². The predicted octanol–water partition coefficient (Wildman–Crippen LogP) is 4.19. The first-order chi connectivity index (χ1) is 15.5. The number of carbonyl (C=O) groups is 1. The van der Waals surface area contributed by atoms with Crippen LogP contribution >= 0.6 is 23.4 Å². The maximum atomic E-state index is 12.4. The third-order valence-electron chi connectivity index (χ3n) is 5.23. The van der Waals surface area contributed by atoms with Crippen molar-refractivity contribution in [3.63, 3.8) is 0 Å². The number of imidazole rings is 1. The van der Waals surface area contributed by atoms with Crippen molar-refractivity contribution in [3.05, 3.63) is 65.2 Å². The van der Waals surface area contributed by atoms with E-state index in [4.69, 9.17) is 16.3 Å². The van der Waals surface area contributed by atoms with Crippen molar-refractivity contribution in [2.75, 3.05) is 12.3 Å². The zero-order chi connectivity index (χ0) is 22.1. The Bertz CT molecular complexity index is 1290. The van der Waals surface area contributed by atoms with Crippen LogP contribution in [-0.4, -0.2) is 44.2 Å². The minimum atomic E-state index is -0.159. The lowest BCUT2D eigenvalue weighted by atomic mass is 10.0. The standard InChI is InChI=1S/C23H20ClN5O2S/c1-13-2-3-19-20(4-13)29-23(28-19)32-11-21(30)27-10-17-6-15-5-14(7-18(24)22(15)31-17)16-8-25-12-26-9-16/h2-5,7-9,12,17H,6,10-11H2,1H3,(H,27,30)(H,28,29). The van der Waals surface area contributed by atoms with E-state index in [2.05, 4.69) is 25.3 Å². The van der Waals surface area contributed by atoms with Crippen molar-refractivity contribution < 1.29 is 9.53 Å². The van der Waals surface area contributed by atoms with Crippen LogP contribution in [0, 0.1) is 6.92 Å². The molecule has 0 radical (unpaired) electrons. The quantitative estimate of drug-likeness (QED) is 0.415. The second-order valence-corrected chi connectivity index (χ2v) is 9.04. The van der Waals surface area contributed by atoms with Crippen molar-refractivity contribution in [1.82, 2.24) is 25.3 Å². The normalized spacial score (nSPS) is 14.9. The molecule has 1 unspecified atom stereocenters. The maximum Gasteiger partial charge on any atom is 0.230 e. The Morgan fingerprint density at radius 3 is 2.94 bits per heavy atom. The van der Waals surface area contributed by atoms with Gasteiger partial charge < -0.3 is 15.0 Å². The van der Waals surface area contributed by atoms with Gasteiger partial charge in [0, 0.05) is 29.9 Å². The summed E-state index contributed by atoms with van der Waals surface area (Å²) >= 11 is 7.83. The number of H-pyrrole nitrogens is 1. The number of nitrogens with one attached hydrogen (secondary N) is 2. The van der Waals surface area contributed by atoms with Crippen LogP contribution in [0.25, 0.3) is 22.2 Å². The Balaban J connectivity index is 1.16. The molecular weight excluding hydrogens is 446 g/mol. The molecule has 1 amide bonds. The molecule has 2 N–H and O–H groups in total. The van der Waals surface area contributed by atoms with E-state index in [1.165, 1.54) is 18.1 Å². The molecule has 32 heavy (non-hydrogen) atoms. The van der Waals surface area contributed by atoms with Gasteiger partial charge in [0.05, 0.1) is 28.4 Å².